The van der Waals surface area contributed by atoms with Crippen LogP contribution in [0.5, 0.6) is 0 Å². The molecule has 7 heteroatoms. The van der Waals surface area contributed by atoms with Gasteiger partial charge in [0.25, 0.3) is 0 Å². The van der Waals surface area contributed by atoms with Gasteiger partial charge in [-0.3, -0.25) is 4.79 Å². The summed E-state index contributed by atoms with van der Waals surface area (Å²) in [5.74, 6) is 2.21. The Labute approximate surface area is 147 Å². The Morgan fingerprint density at radius 3 is 2.64 bits per heavy atom. The largest absolute Gasteiger partial charge is 0.361 e. The molecule has 0 saturated carbocycles. The molecule has 0 bridgehead atoms. The summed E-state index contributed by atoms with van der Waals surface area (Å²) in [6.07, 6.45) is 3.94. The number of amides is 1. The summed E-state index contributed by atoms with van der Waals surface area (Å²) >= 11 is 0. The number of anilines is 1. The van der Waals surface area contributed by atoms with Gasteiger partial charge < -0.3 is 14.7 Å². The highest BCUT2D eigenvalue weighted by molar-refractivity contribution is 5.78. The molecule has 1 N–H and O–H groups in total. The molecule has 0 aliphatic carbocycles. The van der Waals surface area contributed by atoms with Crippen LogP contribution in [0.15, 0.2) is 10.6 Å². The lowest BCUT2D eigenvalue weighted by atomic mass is 10.1. The van der Waals surface area contributed by atoms with Crippen LogP contribution < -0.4 is 10.2 Å². The Hall–Kier alpha value is -2.44. The summed E-state index contributed by atoms with van der Waals surface area (Å²) in [5, 5.41) is 6.77. The second-order valence-corrected chi connectivity index (χ2v) is 6.59. The fourth-order valence-electron chi connectivity index (χ4n) is 3.13. The Balaban J connectivity index is 1.62. The number of carbonyl (C=O) groups is 1. The summed E-state index contributed by atoms with van der Waals surface area (Å²) in [6, 6.07) is 2.01. The van der Waals surface area contributed by atoms with E-state index in [4.69, 9.17) is 4.52 Å². The highest BCUT2D eigenvalue weighted by Crippen LogP contribution is 2.18. The van der Waals surface area contributed by atoms with Gasteiger partial charge in [0.15, 0.2) is 0 Å². The standard InChI is InChI=1S/C18H25N5O2/c1-12-9-17(23-7-5-4-6-8-23)21-16(20-12)11-19-18(24)10-15-13(2)22-25-14(15)3/h9H,4-8,10-11H2,1-3H3,(H,19,24). The summed E-state index contributed by atoms with van der Waals surface area (Å²) in [5.41, 5.74) is 2.52. The molecule has 1 aliphatic heterocycles. The number of aryl methyl sites for hydroxylation is 3. The topological polar surface area (TPSA) is 84.2 Å². The number of hydrogen-bond donors (Lipinski definition) is 1. The van der Waals surface area contributed by atoms with E-state index in [2.05, 4.69) is 25.3 Å². The van der Waals surface area contributed by atoms with Crippen molar-refractivity contribution < 1.29 is 9.32 Å². The van der Waals surface area contributed by atoms with Crippen molar-refractivity contribution in [3.8, 4) is 0 Å². The number of nitrogens with zero attached hydrogens (tertiary/aromatic N) is 4. The van der Waals surface area contributed by atoms with Gasteiger partial charge in [0, 0.05) is 30.4 Å². The van der Waals surface area contributed by atoms with Crippen LogP contribution in [-0.4, -0.2) is 34.1 Å². The maximum Gasteiger partial charge on any atom is 0.224 e. The zero-order chi connectivity index (χ0) is 17.8. The molecule has 0 radical (unpaired) electrons. The molecule has 134 valence electrons. The van der Waals surface area contributed by atoms with Crippen molar-refractivity contribution in [2.75, 3.05) is 18.0 Å². The van der Waals surface area contributed by atoms with Crippen LogP contribution in [0, 0.1) is 20.8 Å². The smallest absolute Gasteiger partial charge is 0.224 e. The number of carbonyl (C=O) groups excluding carboxylic acids is 1. The maximum absolute atomic E-state index is 12.2. The predicted molar refractivity (Wildman–Crippen MR) is 94.4 cm³/mol. The second-order valence-electron chi connectivity index (χ2n) is 6.59. The number of rotatable bonds is 5. The van der Waals surface area contributed by atoms with Gasteiger partial charge in [-0.15, -0.1) is 0 Å². The minimum absolute atomic E-state index is 0.0842. The minimum atomic E-state index is -0.0842. The van der Waals surface area contributed by atoms with E-state index >= 15 is 0 Å². The Morgan fingerprint density at radius 1 is 1.20 bits per heavy atom. The highest BCUT2D eigenvalue weighted by Gasteiger charge is 2.16. The molecule has 1 aliphatic rings. The van der Waals surface area contributed by atoms with Gasteiger partial charge in [-0.05, 0) is 40.0 Å². The van der Waals surface area contributed by atoms with Crippen LogP contribution in [0.25, 0.3) is 0 Å². The van der Waals surface area contributed by atoms with E-state index in [1.54, 1.807) is 0 Å². The lowest BCUT2D eigenvalue weighted by Crippen LogP contribution is -2.31. The van der Waals surface area contributed by atoms with E-state index in [9.17, 15) is 4.79 Å². The van der Waals surface area contributed by atoms with Gasteiger partial charge in [-0.25, -0.2) is 9.97 Å². The fraction of sp³-hybridized carbons (Fsp3) is 0.556. The van der Waals surface area contributed by atoms with Gasteiger partial charge in [0.1, 0.15) is 17.4 Å². The van der Waals surface area contributed by atoms with Crippen LogP contribution in [0.1, 0.15) is 47.8 Å². The van der Waals surface area contributed by atoms with Gasteiger partial charge in [-0.1, -0.05) is 5.16 Å². The van der Waals surface area contributed by atoms with Crippen LogP contribution >= 0.6 is 0 Å². The molecule has 0 unspecified atom stereocenters. The van der Waals surface area contributed by atoms with E-state index in [1.165, 1.54) is 19.3 Å². The first kappa shape index (κ1) is 17.4. The molecular formula is C18H25N5O2. The quantitative estimate of drug-likeness (QED) is 0.896. The van der Waals surface area contributed by atoms with Crippen LogP contribution in [-0.2, 0) is 17.8 Å². The molecule has 7 nitrogen and oxygen atoms in total. The van der Waals surface area contributed by atoms with Gasteiger partial charge in [0.2, 0.25) is 5.91 Å². The lowest BCUT2D eigenvalue weighted by Gasteiger charge is -2.28. The van der Waals surface area contributed by atoms with Crippen molar-refractivity contribution >= 4 is 11.7 Å². The third-order valence-electron chi connectivity index (χ3n) is 4.53. The first-order chi connectivity index (χ1) is 12.0. The molecule has 0 aromatic carbocycles. The van der Waals surface area contributed by atoms with E-state index in [-0.39, 0.29) is 12.3 Å². The van der Waals surface area contributed by atoms with Crippen molar-refractivity contribution in [3.63, 3.8) is 0 Å². The van der Waals surface area contributed by atoms with Crippen molar-refractivity contribution in [3.05, 3.63) is 34.6 Å². The lowest BCUT2D eigenvalue weighted by molar-refractivity contribution is -0.120. The average molecular weight is 343 g/mol. The molecule has 2 aromatic rings. The predicted octanol–water partition coefficient (Wildman–Crippen LogP) is 2.24. The van der Waals surface area contributed by atoms with Crippen LogP contribution in [0.3, 0.4) is 0 Å². The zero-order valence-corrected chi connectivity index (χ0v) is 15.1. The normalized spacial score (nSPS) is 14.6. The van der Waals surface area contributed by atoms with Crippen LogP contribution in [0.4, 0.5) is 5.82 Å². The first-order valence-electron chi connectivity index (χ1n) is 8.81. The summed E-state index contributed by atoms with van der Waals surface area (Å²) in [6.45, 7) is 8.02. The Morgan fingerprint density at radius 2 is 1.96 bits per heavy atom. The number of hydrogen-bond acceptors (Lipinski definition) is 6. The van der Waals surface area contributed by atoms with E-state index in [0.29, 0.717) is 18.1 Å². The molecule has 25 heavy (non-hydrogen) atoms. The van der Waals surface area contributed by atoms with E-state index in [0.717, 1.165) is 35.9 Å². The van der Waals surface area contributed by atoms with Gasteiger partial charge >= 0.3 is 0 Å². The number of nitrogens with one attached hydrogen (secondary N) is 1. The molecule has 3 heterocycles. The number of aromatic nitrogens is 3. The molecule has 3 rings (SSSR count). The van der Waals surface area contributed by atoms with Crippen molar-refractivity contribution in [2.45, 2.75) is 53.0 Å². The monoisotopic (exact) mass is 343 g/mol. The fourth-order valence-corrected chi connectivity index (χ4v) is 3.13. The van der Waals surface area contributed by atoms with Crippen LogP contribution in [0.2, 0.25) is 0 Å². The van der Waals surface area contributed by atoms with Gasteiger partial charge in [0.05, 0.1) is 18.7 Å². The van der Waals surface area contributed by atoms with Crippen molar-refractivity contribution in [2.24, 2.45) is 0 Å². The SMILES string of the molecule is Cc1cc(N2CCCCC2)nc(CNC(=O)Cc2c(C)noc2C)n1. The first-order valence-corrected chi connectivity index (χ1v) is 8.81. The molecular weight excluding hydrogens is 318 g/mol. The third-order valence-corrected chi connectivity index (χ3v) is 4.53. The summed E-state index contributed by atoms with van der Waals surface area (Å²) < 4.78 is 5.10. The maximum atomic E-state index is 12.2. The zero-order valence-electron chi connectivity index (χ0n) is 15.1. The molecule has 0 spiro atoms. The molecule has 1 fully saturated rings. The average Bonchev–Trinajstić information content (AvgIpc) is 2.92. The molecule has 0 atom stereocenters. The van der Waals surface area contributed by atoms with Crippen molar-refractivity contribution in [1.82, 2.24) is 20.4 Å². The van der Waals surface area contributed by atoms with Crippen molar-refractivity contribution in [1.29, 1.82) is 0 Å². The summed E-state index contributed by atoms with van der Waals surface area (Å²) in [4.78, 5) is 23.6. The van der Waals surface area contributed by atoms with E-state index in [1.807, 2.05) is 26.8 Å². The molecule has 2 aromatic heterocycles. The third kappa shape index (κ3) is 4.35. The Kier molecular flexibility index (Phi) is 5.31. The summed E-state index contributed by atoms with van der Waals surface area (Å²) in [7, 11) is 0. The minimum Gasteiger partial charge on any atom is -0.361 e. The molecule has 1 amide bonds. The van der Waals surface area contributed by atoms with E-state index < -0.39 is 0 Å². The number of piperidine rings is 1. The Bertz CT molecular complexity index is 730. The highest BCUT2D eigenvalue weighted by atomic mass is 16.5. The second kappa shape index (κ2) is 7.63. The molecule has 1 saturated heterocycles. The van der Waals surface area contributed by atoms with Gasteiger partial charge in [-0.2, -0.15) is 0 Å².